The molecule has 1 aliphatic carbocycles. The zero-order chi connectivity index (χ0) is 17.9. The Labute approximate surface area is 155 Å². The highest BCUT2D eigenvalue weighted by atomic mass is 16.1. The normalized spacial score (nSPS) is 20.6. The molecular formula is C24H38O. The molecule has 1 aliphatic rings. The molecule has 0 N–H and O–H groups in total. The zero-order valence-corrected chi connectivity index (χ0v) is 16.6. The summed E-state index contributed by atoms with van der Waals surface area (Å²) in [6.07, 6.45) is 16.7. The summed E-state index contributed by atoms with van der Waals surface area (Å²) in [5, 5.41) is 0. The molecule has 1 fully saturated rings. The van der Waals surface area contributed by atoms with Crippen molar-refractivity contribution >= 4 is 5.78 Å². The number of carbonyl (C=O) groups is 1. The molecule has 0 aliphatic heterocycles. The van der Waals surface area contributed by atoms with Crippen molar-refractivity contribution in [2.24, 2.45) is 11.8 Å². The summed E-state index contributed by atoms with van der Waals surface area (Å²) in [5.74, 6) is 2.24. The second-order valence-corrected chi connectivity index (χ2v) is 8.14. The van der Waals surface area contributed by atoms with Crippen LogP contribution in [0.3, 0.4) is 0 Å². The van der Waals surface area contributed by atoms with E-state index in [2.05, 4.69) is 26.0 Å². The van der Waals surface area contributed by atoms with E-state index < -0.39 is 0 Å². The van der Waals surface area contributed by atoms with Crippen LogP contribution in [-0.4, -0.2) is 5.78 Å². The number of rotatable bonds is 11. The molecule has 0 aromatic heterocycles. The summed E-state index contributed by atoms with van der Waals surface area (Å²) >= 11 is 0. The standard InChI is InChI=1S/C24H38O/c1-3-5-7-8-20-10-12-21(13-11-20)14-15-22-16-18-23(19-17-22)24(25)9-6-4-2/h16-21H,3-15H2,1-2H3. The van der Waals surface area contributed by atoms with Crippen molar-refractivity contribution in [2.45, 2.75) is 97.3 Å². The van der Waals surface area contributed by atoms with Crippen LogP contribution in [-0.2, 0) is 6.42 Å². The van der Waals surface area contributed by atoms with Crippen LogP contribution >= 0.6 is 0 Å². The summed E-state index contributed by atoms with van der Waals surface area (Å²) in [4.78, 5) is 12.0. The maximum Gasteiger partial charge on any atom is 0.162 e. The lowest BCUT2D eigenvalue weighted by molar-refractivity contribution is 0.0980. The minimum Gasteiger partial charge on any atom is -0.294 e. The smallest absolute Gasteiger partial charge is 0.162 e. The summed E-state index contributed by atoms with van der Waals surface area (Å²) in [6, 6.07) is 8.43. The van der Waals surface area contributed by atoms with Crippen molar-refractivity contribution in [2.75, 3.05) is 0 Å². The zero-order valence-electron chi connectivity index (χ0n) is 16.6. The molecule has 1 heteroatoms. The minimum atomic E-state index is 0.301. The van der Waals surface area contributed by atoms with Crippen LogP contribution in [0.4, 0.5) is 0 Å². The summed E-state index contributed by atoms with van der Waals surface area (Å²) in [6.45, 7) is 4.43. The van der Waals surface area contributed by atoms with Crippen molar-refractivity contribution in [1.29, 1.82) is 0 Å². The van der Waals surface area contributed by atoms with Crippen molar-refractivity contribution in [3.63, 3.8) is 0 Å². The van der Waals surface area contributed by atoms with E-state index >= 15 is 0 Å². The van der Waals surface area contributed by atoms with Crippen molar-refractivity contribution in [3.8, 4) is 0 Å². The Kier molecular flexibility index (Phi) is 9.29. The van der Waals surface area contributed by atoms with Gasteiger partial charge in [-0.3, -0.25) is 4.79 Å². The fraction of sp³-hybridized carbons (Fsp3) is 0.708. The first kappa shape index (κ1) is 20.2. The average Bonchev–Trinajstić information content (AvgIpc) is 2.66. The second-order valence-electron chi connectivity index (χ2n) is 8.14. The Morgan fingerprint density at radius 3 is 2.04 bits per heavy atom. The molecule has 1 nitrogen and oxygen atoms in total. The molecular weight excluding hydrogens is 304 g/mol. The molecule has 1 saturated carbocycles. The highest BCUT2D eigenvalue weighted by molar-refractivity contribution is 5.96. The van der Waals surface area contributed by atoms with Gasteiger partial charge in [-0.2, -0.15) is 0 Å². The van der Waals surface area contributed by atoms with Crippen molar-refractivity contribution in [1.82, 2.24) is 0 Å². The van der Waals surface area contributed by atoms with E-state index in [4.69, 9.17) is 0 Å². The number of aryl methyl sites for hydroxylation is 1. The minimum absolute atomic E-state index is 0.301. The van der Waals surface area contributed by atoms with Gasteiger partial charge in [-0.25, -0.2) is 0 Å². The fourth-order valence-corrected chi connectivity index (χ4v) is 4.20. The molecule has 0 radical (unpaired) electrons. The van der Waals surface area contributed by atoms with E-state index in [0.717, 1.165) is 30.2 Å². The number of hydrogen-bond donors (Lipinski definition) is 0. The van der Waals surface area contributed by atoms with E-state index in [-0.39, 0.29) is 0 Å². The van der Waals surface area contributed by atoms with Gasteiger partial charge in [0.15, 0.2) is 5.78 Å². The highest BCUT2D eigenvalue weighted by Gasteiger charge is 2.20. The summed E-state index contributed by atoms with van der Waals surface area (Å²) in [5.41, 5.74) is 2.29. The van der Waals surface area contributed by atoms with Gasteiger partial charge in [-0.1, -0.05) is 95.9 Å². The van der Waals surface area contributed by atoms with E-state index in [1.807, 2.05) is 12.1 Å². The quantitative estimate of drug-likeness (QED) is 0.303. The van der Waals surface area contributed by atoms with Crippen LogP contribution in [0.25, 0.3) is 0 Å². The van der Waals surface area contributed by atoms with Crippen LogP contribution in [0.5, 0.6) is 0 Å². The molecule has 0 saturated heterocycles. The molecule has 0 heterocycles. The summed E-state index contributed by atoms with van der Waals surface area (Å²) in [7, 11) is 0. The van der Waals surface area contributed by atoms with Gasteiger partial charge in [0, 0.05) is 12.0 Å². The molecule has 0 atom stereocenters. The number of ketones is 1. The maximum absolute atomic E-state index is 12.0. The fourth-order valence-electron chi connectivity index (χ4n) is 4.20. The maximum atomic E-state index is 12.0. The van der Waals surface area contributed by atoms with Crippen LogP contribution in [0.15, 0.2) is 24.3 Å². The van der Waals surface area contributed by atoms with Gasteiger partial charge in [0.2, 0.25) is 0 Å². The van der Waals surface area contributed by atoms with Gasteiger partial charge >= 0.3 is 0 Å². The Balaban J connectivity index is 1.67. The third kappa shape index (κ3) is 7.34. The number of benzene rings is 1. The molecule has 0 amide bonds. The Hall–Kier alpha value is -1.11. The Morgan fingerprint density at radius 1 is 0.840 bits per heavy atom. The predicted octanol–water partition coefficient (Wildman–Crippen LogP) is 7.38. The first-order valence-corrected chi connectivity index (χ1v) is 10.8. The van der Waals surface area contributed by atoms with E-state index in [1.165, 1.54) is 69.8 Å². The van der Waals surface area contributed by atoms with E-state index in [1.54, 1.807) is 0 Å². The van der Waals surface area contributed by atoms with E-state index in [9.17, 15) is 4.79 Å². The lowest BCUT2D eigenvalue weighted by Gasteiger charge is -2.28. The van der Waals surface area contributed by atoms with Crippen LogP contribution in [0.2, 0.25) is 0 Å². The van der Waals surface area contributed by atoms with Crippen molar-refractivity contribution < 1.29 is 4.79 Å². The second kappa shape index (κ2) is 11.5. The molecule has 0 bridgehead atoms. The lowest BCUT2D eigenvalue weighted by Crippen LogP contribution is -2.15. The third-order valence-corrected chi connectivity index (χ3v) is 6.06. The first-order valence-electron chi connectivity index (χ1n) is 10.8. The molecule has 2 rings (SSSR count). The lowest BCUT2D eigenvalue weighted by atomic mass is 9.78. The third-order valence-electron chi connectivity index (χ3n) is 6.06. The summed E-state index contributed by atoms with van der Waals surface area (Å²) < 4.78 is 0. The molecule has 140 valence electrons. The number of Topliss-reactive ketones (excluding diaryl/α,β-unsaturated/α-hetero) is 1. The topological polar surface area (TPSA) is 17.1 Å². The average molecular weight is 343 g/mol. The monoisotopic (exact) mass is 342 g/mol. The van der Waals surface area contributed by atoms with Crippen molar-refractivity contribution in [3.05, 3.63) is 35.4 Å². The molecule has 0 spiro atoms. The molecule has 25 heavy (non-hydrogen) atoms. The SMILES string of the molecule is CCCCCC1CCC(CCc2ccc(C(=O)CCCC)cc2)CC1. The Morgan fingerprint density at radius 2 is 1.44 bits per heavy atom. The van der Waals surface area contributed by atoms with Gasteiger partial charge in [0.1, 0.15) is 0 Å². The van der Waals surface area contributed by atoms with Gasteiger partial charge in [0.25, 0.3) is 0 Å². The van der Waals surface area contributed by atoms with Gasteiger partial charge in [0.05, 0.1) is 0 Å². The number of hydrogen-bond acceptors (Lipinski definition) is 1. The Bertz CT molecular complexity index is 479. The molecule has 0 unspecified atom stereocenters. The van der Waals surface area contributed by atoms with Crippen LogP contribution in [0.1, 0.15) is 107 Å². The van der Waals surface area contributed by atoms with Gasteiger partial charge in [-0.15, -0.1) is 0 Å². The largest absolute Gasteiger partial charge is 0.294 e. The number of carbonyl (C=O) groups excluding carboxylic acids is 1. The van der Waals surface area contributed by atoms with Crippen LogP contribution < -0.4 is 0 Å². The highest BCUT2D eigenvalue weighted by Crippen LogP contribution is 2.34. The van der Waals surface area contributed by atoms with Gasteiger partial charge in [-0.05, 0) is 36.7 Å². The number of unbranched alkanes of at least 4 members (excludes halogenated alkanes) is 3. The first-order chi connectivity index (χ1) is 12.2. The van der Waals surface area contributed by atoms with E-state index in [0.29, 0.717) is 12.2 Å². The molecule has 1 aromatic rings. The van der Waals surface area contributed by atoms with Gasteiger partial charge < -0.3 is 0 Å². The van der Waals surface area contributed by atoms with Crippen LogP contribution in [0, 0.1) is 11.8 Å². The predicted molar refractivity (Wildman–Crippen MR) is 108 cm³/mol. The molecule has 1 aromatic carbocycles.